The van der Waals surface area contributed by atoms with Gasteiger partial charge in [0.2, 0.25) is 10.0 Å². The van der Waals surface area contributed by atoms with Crippen LogP contribution in [0.4, 0.5) is 0 Å². The van der Waals surface area contributed by atoms with E-state index in [-0.39, 0.29) is 16.9 Å². The summed E-state index contributed by atoms with van der Waals surface area (Å²) in [6.45, 7) is 1.91. The van der Waals surface area contributed by atoms with E-state index in [1.54, 1.807) is 24.3 Å². The van der Waals surface area contributed by atoms with Gasteiger partial charge in [0.15, 0.2) is 0 Å². The summed E-state index contributed by atoms with van der Waals surface area (Å²) in [5, 5.41) is 10.6. The third kappa shape index (κ3) is 3.59. The molecule has 3 atom stereocenters. The van der Waals surface area contributed by atoms with Crippen molar-refractivity contribution < 1.29 is 13.5 Å². The van der Waals surface area contributed by atoms with Crippen molar-refractivity contribution in [3.05, 3.63) is 77.9 Å². The van der Waals surface area contributed by atoms with E-state index in [9.17, 15) is 13.5 Å². The Bertz CT molecular complexity index is 813. The third-order valence-electron chi connectivity index (χ3n) is 4.36. The molecule has 0 saturated heterocycles. The number of sulfonamides is 1. The zero-order valence-corrected chi connectivity index (χ0v) is 14.3. The lowest BCUT2D eigenvalue weighted by Crippen LogP contribution is -2.39. The Morgan fingerprint density at radius 3 is 2.42 bits per heavy atom. The summed E-state index contributed by atoms with van der Waals surface area (Å²) >= 11 is 0. The molecule has 0 unspecified atom stereocenters. The Morgan fingerprint density at radius 2 is 1.75 bits per heavy atom. The highest BCUT2D eigenvalue weighted by molar-refractivity contribution is 7.89. The van der Waals surface area contributed by atoms with Crippen LogP contribution < -0.4 is 4.72 Å². The van der Waals surface area contributed by atoms with Crippen LogP contribution in [-0.4, -0.2) is 19.6 Å². The molecule has 0 amide bonds. The third-order valence-corrected chi connectivity index (χ3v) is 5.86. The van der Waals surface area contributed by atoms with Crippen LogP contribution in [0.25, 0.3) is 0 Å². The number of aliphatic hydroxyl groups excluding tert-OH is 1. The average molecular weight is 343 g/mol. The van der Waals surface area contributed by atoms with E-state index in [1.165, 1.54) is 0 Å². The van der Waals surface area contributed by atoms with E-state index in [4.69, 9.17) is 0 Å². The predicted octanol–water partition coefficient (Wildman–Crippen LogP) is 2.95. The fraction of sp³-hybridized carbons (Fsp3) is 0.263. The van der Waals surface area contributed by atoms with Crippen molar-refractivity contribution in [3.63, 3.8) is 0 Å². The minimum atomic E-state index is -3.61. The van der Waals surface area contributed by atoms with Crippen LogP contribution in [0.5, 0.6) is 0 Å². The largest absolute Gasteiger partial charge is 0.388 e. The van der Waals surface area contributed by atoms with Crippen LogP contribution in [0.2, 0.25) is 0 Å². The van der Waals surface area contributed by atoms with Gasteiger partial charge in [0, 0.05) is 12.0 Å². The summed E-state index contributed by atoms with van der Waals surface area (Å²) in [5.74, 6) is -0.285. The van der Waals surface area contributed by atoms with Crippen LogP contribution in [-0.2, 0) is 10.0 Å². The zero-order valence-electron chi connectivity index (χ0n) is 13.5. The Labute approximate surface area is 142 Å². The number of rotatable bonds is 5. The molecule has 0 aromatic heterocycles. The minimum absolute atomic E-state index is 0.243. The maximum atomic E-state index is 12.6. The molecule has 2 N–H and O–H groups in total. The molecule has 0 spiro atoms. The fourth-order valence-corrected chi connectivity index (χ4v) is 4.27. The van der Waals surface area contributed by atoms with E-state index in [0.29, 0.717) is 6.42 Å². The first-order valence-corrected chi connectivity index (χ1v) is 9.44. The maximum Gasteiger partial charge on any atom is 0.240 e. The van der Waals surface area contributed by atoms with Crippen molar-refractivity contribution in [2.45, 2.75) is 30.4 Å². The van der Waals surface area contributed by atoms with Gasteiger partial charge in [0.1, 0.15) is 0 Å². The van der Waals surface area contributed by atoms with Crippen molar-refractivity contribution in [2.75, 3.05) is 0 Å². The first-order valence-electron chi connectivity index (χ1n) is 7.96. The topological polar surface area (TPSA) is 66.4 Å². The number of aryl methyl sites for hydroxylation is 1. The second-order valence-corrected chi connectivity index (χ2v) is 7.85. The molecule has 2 aromatic carbocycles. The Hall–Kier alpha value is -1.95. The molecule has 0 saturated carbocycles. The van der Waals surface area contributed by atoms with Gasteiger partial charge < -0.3 is 5.11 Å². The average Bonchev–Trinajstić information content (AvgIpc) is 3.02. The van der Waals surface area contributed by atoms with E-state index in [1.807, 2.05) is 49.4 Å². The molecule has 2 aromatic rings. The molecule has 24 heavy (non-hydrogen) atoms. The predicted molar refractivity (Wildman–Crippen MR) is 93.9 cm³/mol. The van der Waals surface area contributed by atoms with Gasteiger partial charge in [-0.15, -0.1) is 0 Å². The van der Waals surface area contributed by atoms with Crippen LogP contribution in [0.1, 0.15) is 23.7 Å². The molecule has 3 rings (SSSR count). The van der Waals surface area contributed by atoms with Crippen LogP contribution in [0.3, 0.4) is 0 Å². The standard InChI is InChI=1S/C19H21NO3S/c1-14-10-12-16(13-11-14)24(22,23)20-18-9-5-8-17(18)19(21)15-6-3-2-4-7-15/h2-8,10-13,17-21H,9H2,1H3/t17-,18-,19+/m0/s1. The van der Waals surface area contributed by atoms with Crippen LogP contribution in [0, 0.1) is 12.8 Å². The summed E-state index contributed by atoms with van der Waals surface area (Å²) in [5.41, 5.74) is 1.79. The molecular weight excluding hydrogens is 322 g/mol. The highest BCUT2D eigenvalue weighted by Gasteiger charge is 2.33. The maximum absolute atomic E-state index is 12.6. The van der Waals surface area contributed by atoms with Gasteiger partial charge in [0.05, 0.1) is 11.0 Å². The lowest BCUT2D eigenvalue weighted by molar-refractivity contribution is 0.119. The SMILES string of the molecule is Cc1ccc(S(=O)(=O)N[C@H]2CC=C[C@@H]2[C@H](O)c2ccccc2)cc1. The summed E-state index contributed by atoms with van der Waals surface area (Å²) in [4.78, 5) is 0.243. The van der Waals surface area contributed by atoms with Crippen LogP contribution >= 0.6 is 0 Å². The molecule has 0 bridgehead atoms. The van der Waals surface area contributed by atoms with E-state index < -0.39 is 16.1 Å². The molecule has 1 aliphatic rings. The Balaban J connectivity index is 1.78. The highest BCUT2D eigenvalue weighted by atomic mass is 32.2. The molecule has 0 heterocycles. The number of aliphatic hydroxyl groups is 1. The number of hydrogen-bond donors (Lipinski definition) is 2. The molecule has 5 heteroatoms. The van der Waals surface area contributed by atoms with Gasteiger partial charge in [0.25, 0.3) is 0 Å². The summed E-state index contributed by atoms with van der Waals surface area (Å²) in [7, 11) is -3.61. The monoisotopic (exact) mass is 343 g/mol. The molecule has 0 fully saturated rings. The van der Waals surface area contributed by atoms with Crippen molar-refractivity contribution >= 4 is 10.0 Å². The lowest BCUT2D eigenvalue weighted by Gasteiger charge is -2.25. The number of nitrogens with one attached hydrogen (secondary N) is 1. The molecule has 0 radical (unpaired) electrons. The van der Waals surface area contributed by atoms with Gasteiger partial charge in [-0.05, 0) is 31.0 Å². The van der Waals surface area contributed by atoms with Crippen molar-refractivity contribution in [1.29, 1.82) is 0 Å². The van der Waals surface area contributed by atoms with Crippen molar-refractivity contribution in [3.8, 4) is 0 Å². The van der Waals surface area contributed by atoms with Crippen molar-refractivity contribution in [2.24, 2.45) is 5.92 Å². The molecule has 1 aliphatic carbocycles. The highest BCUT2D eigenvalue weighted by Crippen LogP contribution is 2.32. The smallest absolute Gasteiger partial charge is 0.240 e. The molecule has 4 nitrogen and oxygen atoms in total. The minimum Gasteiger partial charge on any atom is -0.388 e. The second kappa shape index (κ2) is 6.89. The lowest BCUT2D eigenvalue weighted by atomic mass is 9.92. The van der Waals surface area contributed by atoms with E-state index in [2.05, 4.69) is 4.72 Å². The van der Waals surface area contributed by atoms with Gasteiger partial charge in [-0.25, -0.2) is 13.1 Å². The molecule has 126 valence electrons. The van der Waals surface area contributed by atoms with E-state index in [0.717, 1.165) is 11.1 Å². The normalized spacial score (nSPS) is 21.8. The first-order chi connectivity index (χ1) is 11.5. The van der Waals surface area contributed by atoms with Gasteiger partial charge >= 0.3 is 0 Å². The Morgan fingerprint density at radius 1 is 1.08 bits per heavy atom. The molecular formula is C19H21NO3S. The summed E-state index contributed by atoms with van der Waals surface area (Å²) in [6.07, 6.45) is 3.63. The number of benzene rings is 2. The number of hydrogen-bond acceptors (Lipinski definition) is 3. The van der Waals surface area contributed by atoms with Gasteiger partial charge in [-0.2, -0.15) is 0 Å². The molecule has 0 aliphatic heterocycles. The van der Waals surface area contributed by atoms with E-state index >= 15 is 0 Å². The zero-order chi connectivity index (χ0) is 17.2. The van der Waals surface area contributed by atoms with Crippen molar-refractivity contribution in [1.82, 2.24) is 4.72 Å². The Kier molecular flexibility index (Phi) is 4.85. The van der Waals surface area contributed by atoms with Gasteiger partial charge in [-0.1, -0.05) is 60.2 Å². The second-order valence-electron chi connectivity index (χ2n) is 6.14. The first kappa shape index (κ1) is 16.9. The fourth-order valence-electron chi connectivity index (χ4n) is 2.98. The quantitative estimate of drug-likeness (QED) is 0.820. The van der Waals surface area contributed by atoms with Gasteiger partial charge in [-0.3, -0.25) is 0 Å². The summed E-state index contributed by atoms with van der Waals surface area (Å²) in [6, 6.07) is 15.7. The summed E-state index contributed by atoms with van der Waals surface area (Å²) < 4.78 is 27.9. The van der Waals surface area contributed by atoms with Crippen LogP contribution in [0.15, 0.2) is 71.6 Å².